The fraction of sp³-hybridized carbons (Fsp3) is 0. The van der Waals surface area contributed by atoms with E-state index in [0.717, 1.165) is 12.3 Å². The summed E-state index contributed by atoms with van der Waals surface area (Å²) in [6, 6.07) is 13.3. The zero-order valence-corrected chi connectivity index (χ0v) is 10.8. The minimum absolute atomic E-state index is 0.131. The van der Waals surface area contributed by atoms with Gasteiger partial charge >= 0.3 is 0 Å². The molecule has 0 saturated heterocycles. The molecule has 0 N–H and O–H groups in total. The van der Waals surface area contributed by atoms with E-state index >= 15 is 0 Å². The first-order valence-corrected chi connectivity index (χ1v) is 6.23. The van der Waals surface area contributed by atoms with Crippen molar-refractivity contribution in [2.24, 2.45) is 0 Å². The number of rotatable bonds is 3. The number of benzene rings is 1. The van der Waals surface area contributed by atoms with Gasteiger partial charge in [-0.15, -0.1) is 0 Å². The number of nitrogens with zero attached hydrogens (tertiary/aromatic N) is 2. The summed E-state index contributed by atoms with van der Waals surface area (Å²) in [5.74, 6) is -0.554. The Balaban J connectivity index is 1.97. The third-order valence-corrected chi connectivity index (χ3v) is 2.82. The summed E-state index contributed by atoms with van der Waals surface area (Å²) in [4.78, 5) is 7.42. The van der Waals surface area contributed by atoms with Gasteiger partial charge < -0.3 is 4.74 Å². The summed E-state index contributed by atoms with van der Waals surface area (Å²) in [6.45, 7) is 0. The lowest BCUT2D eigenvalue weighted by atomic mass is 10.1. The van der Waals surface area contributed by atoms with Gasteiger partial charge in [0.2, 0.25) is 5.95 Å². The molecule has 104 valence electrons. The number of aromatic nitrogens is 2. The number of ether oxygens (including phenoxy) is 1. The van der Waals surface area contributed by atoms with Crippen LogP contribution in [0.4, 0.5) is 8.78 Å². The van der Waals surface area contributed by atoms with Crippen LogP contribution in [0, 0.1) is 11.8 Å². The van der Waals surface area contributed by atoms with Crippen molar-refractivity contribution in [2.75, 3.05) is 0 Å². The van der Waals surface area contributed by atoms with Crippen molar-refractivity contribution >= 4 is 0 Å². The van der Waals surface area contributed by atoms with Gasteiger partial charge in [-0.25, -0.2) is 9.37 Å². The molecule has 0 unspecified atom stereocenters. The number of hydrogen-bond donors (Lipinski definition) is 0. The molecule has 3 rings (SSSR count). The average Bonchev–Trinajstić information content (AvgIpc) is 2.48. The van der Waals surface area contributed by atoms with Gasteiger partial charge in [-0.05, 0) is 24.3 Å². The van der Waals surface area contributed by atoms with Crippen LogP contribution in [-0.4, -0.2) is 9.97 Å². The van der Waals surface area contributed by atoms with Gasteiger partial charge in [0, 0.05) is 18.5 Å². The molecule has 21 heavy (non-hydrogen) atoms. The maximum absolute atomic E-state index is 13.7. The van der Waals surface area contributed by atoms with E-state index in [1.807, 2.05) is 18.2 Å². The van der Waals surface area contributed by atoms with Gasteiger partial charge in [-0.1, -0.05) is 18.2 Å². The van der Waals surface area contributed by atoms with Gasteiger partial charge in [0.05, 0.1) is 11.3 Å². The first-order chi connectivity index (χ1) is 10.2. The highest BCUT2D eigenvalue weighted by atomic mass is 19.1. The Morgan fingerprint density at radius 1 is 0.810 bits per heavy atom. The second kappa shape index (κ2) is 5.66. The maximum atomic E-state index is 13.7. The first-order valence-electron chi connectivity index (χ1n) is 6.23. The van der Waals surface area contributed by atoms with E-state index in [0.29, 0.717) is 11.5 Å². The normalized spacial score (nSPS) is 10.4. The summed E-state index contributed by atoms with van der Waals surface area (Å²) in [7, 11) is 0. The van der Waals surface area contributed by atoms with E-state index in [-0.39, 0.29) is 11.3 Å². The van der Waals surface area contributed by atoms with E-state index < -0.39 is 11.8 Å². The van der Waals surface area contributed by atoms with E-state index in [4.69, 9.17) is 4.74 Å². The van der Waals surface area contributed by atoms with Crippen molar-refractivity contribution < 1.29 is 13.5 Å². The monoisotopic (exact) mass is 284 g/mol. The van der Waals surface area contributed by atoms with Crippen molar-refractivity contribution in [1.29, 1.82) is 0 Å². The molecule has 5 heteroatoms. The van der Waals surface area contributed by atoms with Crippen molar-refractivity contribution in [3.8, 4) is 22.8 Å². The molecule has 0 amide bonds. The molecule has 0 spiro atoms. The molecule has 2 aromatic heterocycles. The fourth-order valence-corrected chi connectivity index (χ4v) is 1.88. The summed E-state index contributed by atoms with van der Waals surface area (Å²) in [6.07, 6.45) is 2.50. The molecule has 0 aliphatic heterocycles. The van der Waals surface area contributed by atoms with Crippen molar-refractivity contribution in [2.45, 2.75) is 0 Å². The Labute approximate surface area is 119 Å². The van der Waals surface area contributed by atoms with Gasteiger partial charge in [0.25, 0.3) is 0 Å². The van der Waals surface area contributed by atoms with E-state index in [2.05, 4.69) is 9.97 Å². The quantitative estimate of drug-likeness (QED) is 0.676. The van der Waals surface area contributed by atoms with Crippen molar-refractivity contribution in [1.82, 2.24) is 9.97 Å². The van der Waals surface area contributed by atoms with Gasteiger partial charge in [0.15, 0.2) is 0 Å². The highest BCUT2D eigenvalue weighted by Crippen LogP contribution is 2.27. The second-order valence-electron chi connectivity index (χ2n) is 4.25. The Morgan fingerprint density at radius 2 is 1.57 bits per heavy atom. The average molecular weight is 284 g/mol. The zero-order chi connectivity index (χ0) is 14.7. The van der Waals surface area contributed by atoms with Gasteiger partial charge in [-0.3, -0.25) is 4.98 Å². The second-order valence-corrected chi connectivity index (χ2v) is 4.25. The fourth-order valence-electron chi connectivity index (χ4n) is 1.88. The van der Waals surface area contributed by atoms with Crippen molar-refractivity contribution in [3.63, 3.8) is 0 Å². The molecule has 1 aromatic carbocycles. The van der Waals surface area contributed by atoms with Gasteiger partial charge in [0.1, 0.15) is 17.3 Å². The van der Waals surface area contributed by atoms with Gasteiger partial charge in [-0.2, -0.15) is 4.39 Å². The zero-order valence-electron chi connectivity index (χ0n) is 10.8. The van der Waals surface area contributed by atoms with Crippen LogP contribution in [0.25, 0.3) is 11.3 Å². The molecular formula is C16H10F2N2O. The lowest BCUT2D eigenvalue weighted by molar-refractivity contribution is 0.482. The SMILES string of the molecule is Fc1ccnc(F)c1-c1cc(Oc2ccccc2)ccn1. The Kier molecular flexibility index (Phi) is 3.55. The third kappa shape index (κ3) is 2.86. The highest BCUT2D eigenvalue weighted by Gasteiger charge is 2.14. The van der Waals surface area contributed by atoms with Crippen LogP contribution in [0.1, 0.15) is 0 Å². The minimum atomic E-state index is -0.903. The van der Waals surface area contributed by atoms with Crippen LogP contribution in [-0.2, 0) is 0 Å². The smallest absolute Gasteiger partial charge is 0.225 e. The van der Waals surface area contributed by atoms with E-state index in [9.17, 15) is 8.78 Å². The standard InChI is InChI=1S/C16H10F2N2O/c17-13-7-9-20-16(18)15(13)14-10-12(6-8-19-14)21-11-4-2-1-3-5-11/h1-10H. The number of pyridine rings is 2. The lowest BCUT2D eigenvalue weighted by Gasteiger charge is -2.08. The largest absolute Gasteiger partial charge is 0.457 e. The molecule has 0 fully saturated rings. The first kappa shape index (κ1) is 13.2. The molecule has 0 atom stereocenters. The molecule has 0 bridgehead atoms. The lowest BCUT2D eigenvalue weighted by Crippen LogP contribution is -1.95. The molecule has 3 nitrogen and oxygen atoms in total. The summed E-state index contributed by atoms with van der Waals surface area (Å²) in [5, 5.41) is 0. The number of halogens is 2. The Morgan fingerprint density at radius 3 is 2.33 bits per heavy atom. The molecule has 0 radical (unpaired) electrons. The topological polar surface area (TPSA) is 35.0 Å². The van der Waals surface area contributed by atoms with E-state index in [1.54, 1.807) is 18.2 Å². The third-order valence-electron chi connectivity index (χ3n) is 2.82. The molecule has 0 saturated carbocycles. The van der Waals surface area contributed by atoms with Crippen LogP contribution < -0.4 is 4.74 Å². The Bertz CT molecular complexity index is 743. The summed E-state index contributed by atoms with van der Waals surface area (Å²) < 4.78 is 33.0. The van der Waals surface area contributed by atoms with Crippen LogP contribution in [0.5, 0.6) is 11.5 Å². The predicted molar refractivity (Wildman–Crippen MR) is 73.9 cm³/mol. The Hall–Kier alpha value is -2.82. The van der Waals surface area contributed by atoms with Crippen LogP contribution >= 0.6 is 0 Å². The van der Waals surface area contributed by atoms with E-state index in [1.165, 1.54) is 12.3 Å². The van der Waals surface area contributed by atoms with Crippen LogP contribution in [0.15, 0.2) is 60.9 Å². The highest BCUT2D eigenvalue weighted by molar-refractivity contribution is 5.61. The maximum Gasteiger partial charge on any atom is 0.225 e. The van der Waals surface area contributed by atoms with Crippen LogP contribution in [0.3, 0.4) is 0 Å². The molecule has 0 aliphatic carbocycles. The molecule has 3 aromatic rings. The molecular weight excluding hydrogens is 274 g/mol. The predicted octanol–water partition coefficient (Wildman–Crippen LogP) is 4.21. The van der Waals surface area contributed by atoms with Crippen LogP contribution in [0.2, 0.25) is 0 Å². The molecule has 2 heterocycles. The number of hydrogen-bond acceptors (Lipinski definition) is 3. The summed E-state index contributed by atoms with van der Waals surface area (Å²) >= 11 is 0. The summed E-state index contributed by atoms with van der Waals surface area (Å²) in [5.41, 5.74) is -0.137. The molecule has 0 aliphatic rings. The minimum Gasteiger partial charge on any atom is -0.457 e. The van der Waals surface area contributed by atoms with Crippen molar-refractivity contribution in [3.05, 3.63) is 72.7 Å². The number of para-hydroxylation sites is 1.